The molecule has 1 heterocycles. The van der Waals surface area contributed by atoms with Gasteiger partial charge >= 0.3 is 0 Å². The SMILES string of the molecule is CN=C(NCc1ccc(SC)cc1)NCc1coc(-c2ccc(C)cc2)n1. The minimum absolute atomic E-state index is 0.542. The Morgan fingerprint density at radius 3 is 2.41 bits per heavy atom. The van der Waals surface area contributed by atoms with E-state index in [9.17, 15) is 0 Å². The Labute approximate surface area is 164 Å². The lowest BCUT2D eigenvalue weighted by Gasteiger charge is -2.11. The number of nitrogens with one attached hydrogen (secondary N) is 2. The number of thioether (sulfide) groups is 1. The van der Waals surface area contributed by atoms with Crippen molar-refractivity contribution in [1.29, 1.82) is 0 Å². The quantitative estimate of drug-likeness (QED) is 0.380. The lowest BCUT2D eigenvalue weighted by atomic mass is 10.1. The molecule has 0 amide bonds. The van der Waals surface area contributed by atoms with Gasteiger partial charge in [-0.25, -0.2) is 4.98 Å². The maximum atomic E-state index is 5.59. The number of hydrogen-bond acceptors (Lipinski definition) is 4. The highest BCUT2D eigenvalue weighted by Crippen LogP contribution is 2.19. The Bertz CT molecular complexity index is 885. The lowest BCUT2D eigenvalue weighted by Crippen LogP contribution is -2.36. The zero-order valence-electron chi connectivity index (χ0n) is 15.8. The van der Waals surface area contributed by atoms with Crippen LogP contribution in [0.25, 0.3) is 11.5 Å². The molecule has 0 saturated carbocycles. The van der Waals surface area contributed by atoms with Crippen LogP contribution in [0.15, 0.2) is 69.1 Å². The third-order valence-corrected chi connectivity index (χ3v) is 4.87. The third-order valence-electron chi connectivity index (χ3n) is 4.13. The predicted octanol–water partition coefficient (Wildman–Crippen LogP) is 4.24. The fourth-order valence-corrected chi connectivity index (χ4v) is 2.95. The van der Waals surface area contributed by atoms with Crippen LogP contribution in [0.2, 0.25) is 0 Å². The summed E-state index contributed by atoms with van der Waals surface area (Å²) in [7, 11) is 1.76. The maximum Gasteiger partial charge on any atom is 0.226 e. The molecule has 0 saturated heterocycles. The van der Waals surface area contributed by atoms with Crippen LogP contribution in [0.4, 0.5) is 0 Å². The van der Waals surface area contributed by atoms with Crippen LogP contribution in [0.1, 0.15) is 16.8 Å². The number of benzene rings is 2. The zero-order valence-corrected chi connectivity index (χ0v) is 16.6. The number of guanidine groups is 1. The van der Waals surface area contributed by atoms with E-state index < -0.39 is 0 Å². The van der Waals surface area contributed by atoms with Crippen LogP contribution in [-0.4, -0.2) is 24.2 Å². The molecule has 0 spiro atoms. The number of oxazole rings is 1. The van der Waals surface area contributed by atoms with Crippen molar-refractivity contribution in [3.8, 4) is 11.5 Å². The second-order valence-electron chi connectivity index (χ2n) is 6.14. The summed E-state index contributed by atoms with van der Waals surface area (Å²) in [5.74, 6) is 1.35. The van der Waals surface area contributed by atoms with E-state index in [1.54, 1.807) is 25.1 Å². The van der Waals surface area contributed by atoms with Gasteiger partial charge in [0.2, 0.25) is 5.89 Å². The Hall–Kier alpha value is -2.73. The number of rotatable bonds is 6. The van der Waals surface area contributed by atoms with E-state index in [0.717, 1.165) is 17.2 Å². The Morgan fingerprint density at radius 2 is 1.74 bits per heavy atom. The van der Waals surface area contributed by atoms with Gasteiger partial charge in [-0.15, -0.1) is 11.8 Å². The highest BCUT2D eigenvalue weighted by atomic mass is 32.2. The second-order valence-corrected chi connectivity index (χ2v) is 7.02. The van der Waals surface area contributed by atoms with Crippen molar-refractivity contribution in [2.45, 2.75) is 24.9 Å². The van der Waals surface area contributed by atoms with Gasteiger partial charge in [-0.05, 0) is 43.0 Å². The van der Waals surface area contributed by atoms with Gasteiger partial charge in [0.05, 0.1) is 12.2 Å². The normalized spacial score (nSPS) is 11.4. The predicted molar refractivity (Wildman–Crippen MR) is 112 cm³/mol. The number of aryl methyl sites for hydroxylation is 1. The van der Waals surface area contributed by atoms with Crippen LogP contribution < -0.4 is 10.6 Å². The molecule has 0 aliphatic heterocycles. The first-order valence-corrected chi connectivity index (χ1v) is 9.99. The molecule has 1 aromatic heterocycles. The molecule has 27 heavy (non-hydrogen) atoms. The first kappa shape index (κ1) is 19.0. The summed E-state index contributed by atoms with van der Waals surface area (Å²) >= 11 is 1.74. The molecule has 0 unspecified atom stereocenters. The monoisotopic (exact) mass is 380 g/mol. The molecular formula is C21H24N4OS. The zero-order chi connectivity index (χ0) is 19.1. The van der Waals surface area contributed by atoms with Gasteiger partial charge in [0, 0.05) is 24.1 Å². The van der Waals surface area contributed by atoms with Gasteiger partial charge in [0.25, 0.3) is 0 Å². The molecule has 140 valence electrons. The number of aromatic nitrogens is 1. The van der Waals surface area contributed by atoms with Crippen molar-refractivity contribution in [2.24, 2.45) is 4.99 Å². The molecule has 6 heteroatoms. The second kappa shape index (κ2) is 9.28. The van der Waals surface area contributed by atoms with Crippen molar-refractivity contribution >= 4 is 17.7 Å². The largest absolute Gasteiger partial charge is 0.444 e. The van der Waals surface area contributed by atoms with Crippen molar-refractivity contribution in [1.82, 2.24) is 15.6 Å². The van der Waals surface area contributed by atoms with Crippen LogP contribution in [0, 0.1) is 6.92 Å². The van der Waals surface area contributed by atoms with Crippen molar-refractivity contribution < 1.29 is 4.42 Å². The average Bonchev–Trinajstić information content (AvgIpc) is 3.18. The van der Waals surface area contributed by atoms with Crippen LogP contribution in [-0.2, 0) is 13.1 Å². The fraction of sp³-hybridized carbons (Fsp3) is 0.238. The molecule has 0 aliphatic carbocycles. The molecule has 2 N–H and O–H groups in total. The fourth-order valence-electron chi connectivity index (χ4n) is 2.54. The standard InChI is InChI=1S/C21H24N4OS/c1-15-4-8-17(9-5-15)20-25-18(14-26-20)13-24-21(22-2)23-12-16-6-10-19(27-3)11-7-16/h4-11,14H,12-13H2,1-3H3,(H2,22,23,24). The summed E-state index contributed by atoms with van der Waals surface area (Å²) in [5, 5.41) is 6.58. The summed E-state index contributed by atoms with van der Waals surface area (Å²) in [4.78, 5) is 10.1. The Kier molecular flexibility index (Phi) is 6.54. The smallest absolute Gasteiger partial charge is 0.226 e. The molecule has 5 nitrogen and oxygen atoms in total. The molecule has 0 radical (unpaired) electrons. The van der Waals surface area contributed by atoms with Gasteiger partial charge in [0.1, 0.15) is 6.26 Å². The number of hydrogen-bond donors (Lipinski definition) is 2. The van der Waals surface area contributed by atoms with Crippen LogP contribution in [0.5, 0.6) is 0 Å². The third kappa shape index (κ3) is 5.37. The number of nitrogens with zero attached hydrogens (tertiary/aromatic N) is 2. The van der Waals surface area contributed by atoms with E-state index in [1.807, 2.05) is 12.1 Å². The number of aliphatic imine (C=N–C) groups is 1. The minimum Gasteiger partial charge on any atom is -0.444 e. The van der Waals surface area contributed by atoms with Crippen LogP contribution in [0.3, 0.4) is 0 Å². The lowest BCUT2D eigenvalue weighted by molar-refractivity contribution is 0.572. The summed E-state index contributed by atoms with van der Waals surface area (Å²) in [5.41, 5.74) is 4.23. The highest BCUT2D eigenvalue weighted by Gasteiger charge is 2.07. The summed E-state index contributed by atoms with van der Waals surface area (Å²) in [6.07, 6.45) is 3.75. The van der Waals surface area contributed by atoms with Gasteiger partial charge in [0.15, 0.2) is 5.96 Å². The first-order chi connectivity index (χ1) is 13.2. The van der Waals surface area contributed by atoms with E-state index in [4.69, 9.17) is 4.42 Å². The molecule has 0 aliphatic rings. The Morgan fingerprint density at radius 1 is 1.04 bits per heavy atom. The minimum atomic E-state index is 0.542. The maximum absolute atomic E-state index is 5.59. The summed E-state index contributed by atoms with van der Waals surface area (Å²) in [6.45, 7) is 3.31. The van der Waals surface area contributed by atoms with E-state index >= 15 is 0 Å². The topological polar surface area (TPSA) is 62.5 Å². The van der Waals surface area contributed by atoms with E-state index in [1.165, 1.54) is 16.0 Å². The van der Waals surface area contributed by atoms with E-state index in [0.29, 0.717) is 19.0 Å². The van der Waals surface area contributed by atoms with Crippen molar-refractivity contribution in [2.75, 3.05) is 13.3 Å². The molecule has 2 aromatic carbocycles. The summed E-state index contributed by atoms with van der Waals surface area (Å²) < 4.78 is 5.59. The molecular weight excluding hydrogens is 356 g/mol. The molecule has 3 rings (SSSR count). The highest BCUT2D eigenvalue weighted by molar-refractivity contribution is 7.98. The van der Waals surface area contributed by atoms with E-state index in [-0.39, 0.29) is 0 Å². The molecule has 0 fully saturated rings. The Balaban J connectivity index is 1.52. The van der Waals surface area contributed by atoms with Gasteiger partial charge in [-0.1, -0.05) is 29.8 Å². The van der Waals surface area contributed by atoms with Crippen molar-refractivity contribution in [3.05, 3.63) is 71.6 Å². The van der Waals surface area contributed by atoms with Gasteiger partial charge < -0.3 is 15.1 Å². The first-order valence-electron chi connectivity index (χ1n) is 8.77. The summed E-state index contributed by atoms with van der Waals surface area (Å²) in [6, 6.07) is 16.6. The average molecular weight is 381 g/mol. The molecule has 0 atom stereocenters. The molecule has 0 bridgehead atoms. The van der Waals surface area contributed by atoms with Gasteiger partial charge in [-0.2, -0.15) is 0 Å². The van der Waals surface area contributed by atoms with E-state index in [2.05, 4.69) is 70.2 Å². The molecule has 3 aromatic rings. The van der Waals surface area contributed by atoms with Crippen molar-refractivity contribution in [3.63, 3.8) is 0 Å². The van der Waals surface area contributed by atoms with Gasteiger partial charge in [-0.3, -0.25) is 4.99 Å². The van der Waals surface area contributed by atoms with Crippen LogP contribution >= 0.6 is 11.8 Å².